The summed E-state index contributed by atoms with van der Waals surface area (Å²) in [4.78, 5) is 11.5. The van der Waals surface area contributed by atoms with Crippen molar-refractivity contribution in [3.05, 3.63) is 48.1 Å². The minimum absolute atomic E-state index is 0.270. The molecule has 1 aromatic carbocycles. The van der Waals surface area contributed by atoms with Crippen LogP contribution in [0.2, 0.25) is 0 Å². The molecule has 0 radical (unpaired) electrons. The number of aromatic nitrogens is 2. The second kappa shape index (κ2) is 6.13. The maximum Gasteiger partial charge on any atom is 0.149 e. The smallest absolute Gasteiger partial charge is 0.149 e. The summed E-state index contributed by atoms with van der Waals surface area (Å²) < 4.78 is 0. The predicted octanol–water partition coefficient (Wildman–Crippen LogP) is 1.99. The van der Waals surface area contributed by atoms with Gasteiger partial charge in [0.25, 0.3) is 0 Å². The molecule has 0 aliphatic carbocycles. The SMILES string of the molecule is CN1CCC(C2N(C)C(c3ccc4cn[nH]c4c3)=C3C(N)=NC=CN32)CC1. The summed E-state index contributed by atoms with van der Waals surface area (Å²) >= 11 is 0. The fraction of sp³-hybridized carbons (Fsp3) is 0.400. The number of piperidine rings is 1. The van der Waals surface area contributed by atoms with Crippen molar-refractivity contribution in [1.29, 1.82) is 0 Å². The van der Waals surface area contributed by atoms with E-state index < -0.39 is 0 Å². The van der Waals surface area contributed by atoms with Crippen LogP contribution in [0.3, 0.4) is 0 Å². The number of amidine groups is 1. The third kappa shape index (κ3) is 2.53. The van der Waals surface area contributed by atoms with Crippen LogP contribution in [0.5, 0.6) is 0 Å². The average molecular weight is 363 g/mol. The maximum atomic E-state index is 6.36. The van der Waals surface area contributed by atoms with Crippen LogP contribution >= 0.6 is 0 Å². The summed E-state index contributed by atoms with van der Waals surface area (Å²) in [7, 11) is 4.39. The van der Waals surface area contributed by atoms with Gasteiger partial charge in [-0.3, -0.25) is 5.10 Å². The van der Waals surface area contributed by atoms with E-state index in [4.69, 9.17) is 5.73 Å². The number of nitrogens with zero attached hydrogens (tertiary/aromatic N) is 5. The van der Waals surface area contributed by atoms with Gasteiger partial charge in [0, 0.05) is 36.3 Å². The summed E-state index contributed by atoms with van der Waals surface area (Å²) in [5, 5.41) is 8.34. The topological polar surface area (TPSA) is 76.8 Å². The lowest BCUT2D eigenvalue weighted by molar-refractivity contribution is 0.0919. The fourth-order valence-electron chi connectivity index (χ4n) is 4.70. The maximum absolute atomic E-state index is 6.36. The van der Waals surface area contributed by atoms with E-state index >= 15 is 0 Å². The van der Waals surface area contributed by atoms with E-state index in [1.807, 2.05) is 12.4 Å². The van der Waals surface area contributed by atoms with E-state index in [1.165, 1.54) is 12.8 Å². The molecule has 0 spiro atoms. The molecule has 1 fully saturated rings. The lowest BCUT2D eigenvalue weighted by atomic mass is 9.92. The van der Waals surface area contributed by atoms with Crippen molar-refractivity contribution < 1.29 is 0 Å². The lowest BCUT2D eigenvalue weighted by Gasteiger charge is -2.40. The third-order valence-electron chi connectivity index (χ3n) is 6.10. The lowest BCUT2D eigenvalue weighted by Crippen LogP contribution is -2.47. The second-order valence-electron chi connectivity index (χ2n) is 7.75. The van der Waals surface area contributed by atoms with Crippen LogP contribution in [0.4, 0.5) is 0 Å². The standard InChI is InChI=1S/C20H25N7/c1-25-8-5-13(6-9-25)20-26(2)17(18-19(21)22-7-10-27(18)20)14-3-4-15-12-23-24-16(15)11-14/h3-4,7,10-13,20H,5-6,8-9H2,1-2H3,(H2,21,22)(H,23,24). The van der Waals surface area contributed by atoms with Gasteiger partial charge in [-0.15, -0.1) is 0 Å². The molecule has 1 aromatic heterocycles. The number of hydrogen-bond donors (Lipinski definition) is 2. The van der Waals surface area contributed by atoms with Crippen LogP contribution in [0.1, 0.15) is 18.4 Å². The molecule has 4 heterocycles. The average Bonchev–Trinajstić information content (AvgIpc) is 3.24. The zero-order valence-corrected chi connectivity index (χ0v) is 15.8. The van der Waals surface area contributed by atoms with Crippen LogP contribution in [-0.2, 0) is 0 Å². The molecule has 27 heavy (non-hydrogen) atoms. The molecule has 1 saturated heterocycles. The number of nitrogens with two attached hydrogens (primary N) is 1. The normalized spacial score (nSPS) is 24.1. The first-order valence-corrected chi connectivity index (χ1v) is 9.51. The number of rotatable bonds is 2. The number of fused-ring (bicyclic) bond motifs is 2. The molecular formula is C20H25N7. The summed E-state index contributed by atoms with van der Waals surface area (Å²) in [6, 6.07) is 6.41. The van der Waals surface area contributed by atoms with Gasteiger partial charge >= 0.3 is 0 Å². The summed E-state index contributed by atoms with van der Waals surface area (Å²) in [5.41, 5.74) is 10.7. The highest BCUT2D eigenvalue weighted by Crippen LogP contribution is 2.41. The highest BCUT2D eigenvalue weighted by atomic mass is 15.4. The van der Waals surface area contributed by atoms with Gasteiger partial charge in [0.05, 0.1) is 17.4 Å². The van der Waals surface area contributed by atoms with Gasteiger partial charge in [0.1, 0.15) is 17.7 Å². The van der Waals surface area contributed by atoms with Crippen LogP contribution < -0.4 is 5.73 Å². The highest BCUT2D eigenvalue weighted by Gasteiger charge is 2.43. The number of nitrogens with one attached hydrogen (secondary N) is 1. The monoisotopic (exact) mass is 363 g/mol. The Balaban J connectivity index is 1.59. The molecule has 2 aromatic rings. The van der Waals surface area contributed by atoms with Gasteiger partial charge in [0.15, 0.2) is 0 Å². The van der Waals surface area contributed by atoms with Crippen molar-refractivity contribution in [2.24, 2.45) is 16.6 Å². The second-order valence-corrected chi connectivity index (χ2v) is 7.75. The zero-order valence-electron chi connectivity index (χ0n) is 15.8. The Morgan fingerprint density at radius 2 is 1.96 bits per heavy atom. The van der Waals surface area contributed by atoms with Gasteiger partial charge in [-0.2, -0.15) is 5.10 Å². The molecule has 7 nitrogen and oxygen atoms in total. The molecule has 140 valence electrons. The number of likely N-dealkylation sites (tertiary alicyclic amines) is 1. The van der Waals surface area contributed by atoms with Crippen LogP contribution in [-0.4, -0.2) is 64.1 Å². The van der Waals surface area contributed by atoms with E-state index in [0.29, 0.717) is 11.8 Å². The minimum Gasteiger partial charge on any atom is -0.382 e. The Bertz CT molecular complexity index is 962. The van der Waals surface area contributed by atoms with Gasteiger partial charge in [-0.1, -0.05) is 12.1 Å². The van der Waals surface area contributed by atoms with Crippen molar-refractivity contribution >= 4 is 22.4 Å². The van der Waals surface area contributed by atoms with Crippen molar-refractivity contribution in [3.8, 4) is 0 Å². The Labute approximate surface area is 158 Å². The quantitative estimate of drug-likeness (QED) is 0.853. The first-order chi connectivity index (χ1) is 13.1. The first-order valence-electron chi connectivity index (χ1n) is 9.51. The molecule has 3 N–H and O–H groups in total. The van der Waals surface area contributed by atoms with E-state index in [1.54, 1.807) is 0 Å². The number of H-pyrrole nitrogens is 1. The fourth-order valence-corrected chi connectivity index (χ4v) is 4.70. The van der Waals surface area contributed by atoms with Gasteiger partial charge in [0.2, 0.25) is 0 Å². The number of hydrogen-bond acceptors (Lipinski definition) is 6. The molecule has 0 amide bonds. The van der Waals surface area contributed by atoms with Crippen molar-refractivity contribution in [2.45, 2.75) is 19.0 Å². The Morgan fingerprint density at radius 1 is 1.15 bits per heavy atom. The van der Waals surface area contributed by atoms with E-state index in [9.17, 15) is 0 Å². The van der Waals surface area contributed by atoms with E-state index in [-0.39, 0.29) is 6.17 Å². The molecule has 1 atom stereocenters. The van der Waals surface area contributed by atoms with Crippen LogP contribution in [0.25, 0.3) is 16.6 Å². The van der Waals surface area contributed by atoms with Crippen molar-refractivity contribution in [1.82, 2.24) is 24.9 Å². The molecule has 1 unspecified atom stereocenters. The Hall–Kier alpha value is -2.80. The van der Waals surface area contributed by atoms with Gasteiger partial charge in [-0.05, 0) is 39.0 Å². The van der Waals surface area contributed by atoms with Crippen LogP contribution in [0, 0.1) is 5.92 Å². The molecule has 3 aliphatic rings. The van der Waals surface area contributed by atoms with Gasteiger partial charge in [-0.25, -0.2) is 4.99 Å². The molecule has 7 heteroatoms. The van der Waals surface area contributed by atoms with Crippen LogP contribution in [0.15, 0.2) is 47.5 Å². The van der Waals surface area contributed by atoms with Gasteiger partial charge < -0.3 is 20.4 Å². The minimum atomic E-state index is 0.270. The highest BCUT2D eigenvalue weighted by molar-refractivity contribution is 6.05. The number of aromatic amines is 1. The molecule has 5 rings (SSSR count). The summed E-state index contributed by atoms with van der Waals surface area (Å²) in [6.07, 6.45) is 8.39. The number of benzene rings is 1. The molecule has 0 bridgehead atoms. The molecule has 0 saturated carbocycles. The molecule has 3 aliphatic heterocycles. The third-order valence-corrected chi connectivity index (χ3v) is 6.10. The number of aliphatic imine (C=N–C) groups is 1. The first kappa shape index (κ1) is 16.4. The largest absolute Gasteiger partial charge is 0.382 e. The Morgan fingerprint density at radius 3 is 2.78 bits per heavy atom. The predicted molar refractivity (Wildman–Crippen MR) is 107 cm³/mol. The summed E-state index contributed by atoms with van der Waals surface area (Å²) in [6.45, 7) is 2.28. The van der Waals surface area contributed by atoms with Crippen molar-refractivity contribution in [2.75, 3.05) is 27.2 Å². The zero-order chi connectivity index (χ0) is 18.5. The van der Waals surface area contributed by atoms with E-state index in [0.717, 1.165) is 40.9 Å². The van der Waals surface area contributed by atoms with Crippen molar-refractivity contribution in [3.63, 3.8) is 0 Å². The Kier molecular flexibility index (Phi) is 3.72. The van der Waals surface area contributed by atoms with E-state index in [2.05, 4.69) is 68.4 Å². The molecular weight excluding hydrogens is 338 g/mol. The summed E-state index contributed by atoms with van der Waals surface area (Å²) in [5.74, 6) is 1.17.